The number of rotatable bonds is 2. The average molecular weight is 282 g/mol. The first-order chi connectivity index (χ1) is 10.9. The highest BCUT2D eigenvalue weighted by atomic mass is 14.7. The van der Waals surface area contributed by atoms with Gasteiger partial charge in [0.1, 0.15) is 0 Å². The first kappa shape index (κ1) is 12.7. The van der Waals surface area contributed by atoms with Crippen LogP contribution in [-0.2, 0) is 0 Å². The van der Waals surface area contributed by atoms with E-state index in [1.807, 2.05) is 42.7 Å². The van der Waals surface area contributed by atoms with Crippen LogP contribution in [0.15, 0.2) is 85.3 Å². The van der Waals surface area contributed by atoms with E-state index < -0.39 is 0 Å². The van der Waals surface area contributed by atoms with Crippen molar-refractivity contribution in [2.75, 3.05) is 0 Å². The Hall–Kier alpha value is -3.00. The fraction of sp³-hybridized carbons (Fsp3) is 0. The van der Waals surface area contributed by atoms with Gasteiger partial charge in [-0.05, 0) is 11.5 Å². The van der Waals surface area contributed by atoms with Gasteiger partial charge in [-0.3, -0.25) is 9.97 Å². The molecule has 0 saturated heterocycles. The van der Waals surface area contributed by atoms with E-state index in [0.717, 1.165) is 27.8 Å². The van der Waals surface area contributed by atoms with Gasteiger partial charge in [0.2, 0.25) is 0 Å². The molecule has 0 aliphatic heterocycles. The van der Waals surface area contributed by atoms with Crippen LogP contribution >= 0.6 is 0 Å². The zero-order chi connectivity index (χ0) is 14.8. The van der Waals surface area contributed by atoms with Crippen molar-refractivity contribution in [2.24, 2.45) is 0 Å². The van der Waals surface area contributed by atoms with Gasteiger partial charge in [0.25, 0.3) is 0 Å². The normalized spacial score (nSPS) is 10.7. The maximum absolute atomic E-state index is 4.73. The van der Waals surface area contributed by atoms with E-state index in [4.69, 9.17) is 4.98 Å². The quantitative estimate of drug-likeness (QED) is 0.519. The Morgan fingerprint density at radius 2 is 1.41 bits per heavy atom. The fourth-order valence-electron chi connectivity index (χ4n) is 2.78. The van der Waals surface area contributed by atoms with Crippen LogP contribution in [0.2, 0.25) is 0 Å². The van der Waals surface area contributed by atoms with Crippen LogP contribution in [-0.4, -0.2) is 9.97 Å². The summed E-state index contributed by atoms with van der Waals surface area (Å²) in [7, 11) is 0. The second kappa shape index (κ2) is 5.41. The number of hydrogen-bond acceptors (Lipinski definition) is 2. The van der Waals surface area contributed by atoms with Crippen LogP contribution in [0.1, 0.15) is 0 Å². The molecule has 2 aromatic carbocycles. The van der Waals surface area contributed by atoms with Gasteiger partial charge in [-0.25, -0.2) is 0 Å². The average Bonchev–Trinajstić information content (AvgIpc) is 2.62. The molecular formula is C20H14N2. The van der Waals surface area contributed by atoms with Gasteiger partial charge in [0.15, 0.2) is 0 Å². The summed E-state index contributed by atoms with van der Waals surface area (Å²) in [6.45, 7) is 0. The minimum Gasteiger partial charge on any atom is -0.264 e. The molecule has 0 bridgehead atoms. The lowest BCUT2D eigenvalue weighted by molar-refractivity contribution is 1.31. The van der Waals surface area contributed by atoms with Crippen molar-refractivity contribution >= 4 is 10.8 Å². The smallest absolute Gasteiger partial charge is 0.0787 e. The number of nitrogens with zero attached hydrogens (tertiary/aromatic N) is 2. The highest BCUT2D eigenvalue weighted by Crippen LogP contribution is 2.35. The van der Waals surface area contributed by atoms with Crippen molar-refractivity contribution in [3.63, 3.8) is 0 Å². The summed E-state index contributed by atoms with van der Waals surface area (Å²) in [6, 6.07) is 22.7. The summed E-state index contributed by atoms with van der Waals surface area (Å²) in [5.41, 5.74) is 4.34. The predicted octanol–water partition coefficient (Wildman–Crippen LogP) is 4.96. The van der Waals surface area contributed by atoms with Gasteiger partial charge in [-0.1, -0.05) is 60.7 Å². The molecule has 0 unspecified atom stereocenters. The van der Waals surface area contributed by atoms with E-state index in [-0.39, 0.29) is 0 Å². The Bertz CT molecular complexity index is 916. The minimum atomic E-state index is 0.993. The van der Waals surface area contributed by atoms with Crippen molar-refractivity contribution in [2.45, 2.75) is 0 Å². The molecule has 0 aliphatic carbocycles. The van der Waals surface area contributed by atoms with Crippen molar-refractivity contribution in [3.8, 4) is 22.4 Å². The Morgan fingerprint density at radius 1 is 0.636 bits per heavy atom. The Kier molecular flexibility index (Phi) is 3.13. The Morgan fingerprint density at radius 3 is 2.23 bits per heavy atom. The number of aromatic nitrogens is 2. The Labute approximate surface area is 129 Å². The summed E-state index contributed by atoms with van der Waals surface area (Å²) in [5.74, 6) is 0. The van der Waals surface area contributed by atoms with Gasteiger partial charge < -0.3 is 0 Å². The summed E-state index contributed by atoms with van der Waals surface area (Å²) in [5, 5.41) is 2.34. The number of fused-ring (bicyclic) bond motifs is 1. The van der Waals surface area contributed by atoms with E-state index in [1.165, 1.54) is 5.39 Å². The molecule has 0 aliphatic rings. The highest BCUT2D eigenvalue weighted by molar-refractivity contribution is 6.02. The van der Waals surface area contributed by atoms with Gasteiger partial charge >= 0.3 is 0 Å². The van der Waals surface area contributed by atoms with Crippen molar-refractivity contribution in [1.29, 1.82) is 0 Å². The zero-order valence-electron chi connectivity index (χ0n) is 12.0. The molecule has 0 atom stereocenters. The molecule has 0 amide bonds. The van der Waals surface area contributed by atoms with Crippen LogP contribution in [0.4, 0.5) is 0 Å². The topological polar surface area (TPSA) is 25.8 Å². The fourth-order valence-corrected chi connectivity index (χ4v) is 2.78. The maximum Gasteiger partial charge on any atom is 0.0787 e. The van der Waals surface area contributed by atoms with E-state index in [0.29, 0.717) is 0 Å². The van der Waals surface area contributed by atoms with Crippen molar-refractivity contribution in [3.05, 3.63) is 85.3 Å². The molecule has 2 heteroatoms. The maximum atomic E-state index is 4.73. The third-order valence-electron chi connectivity index (χ3n) is 3.80. The third-order valence-corrected chi connectivity index (χ3v) is 3.80. The molecular weight excluding hydrogens is 268 g/mol. The number of hydrogen-bond donors (Lipinski definition) is 0. The molecule has 2 aromatic heterocycles. The van der Waals surface area contributed by atoms with E-state index in [2.05, 4.69) is 41.4 Å². The molecule has 2 nitrogen and oxygen atoms in total. The van der Waals surface area contributed by atoms with Crippen LogP contribution in [0.3, 0.4) is 0 Å². The van der Waals surface area contributed by atoms with Crippen molar-refractivity contribution in [1.82, 2.24) is 9.97 Å². The lowest BCUT2D eigenvalue weighted by Gasteiger charge is -2.12. The molecule has 0 spiro atoms. The van der Waals surface area contributed by atoms with Crippen LogP contribution in [0, 0.1) is 0 Å². The Balaban J connectivity index is 2.09. The van der Waals surface area contributed by atoms with E-state index in [9.17, 15) is 0 Å². The van der Waals surface area contributed by atoms with E-state index in [1.54, 1.807) is 6.20 Å². The van der Waals surface area contributed by atoms with E-state index >= 15 is 0 Å². The SMILES string of the molecule is c1ccc(-c2ncc3ccccc3c2-c2cccnc2)cc1. The first-order valence-electron chi connectivity index (χ1n) is 7.27. The standard InChI is InChI=1S/C20H14N2/c1-2-7-15(8-3-1)20-19(17-10-6-12-21-13-17)18-11-5-4-9-16(18)14-22-20/h1-14H. The van der Waals surface area contributed by atoms with Crippen LogP contribution in [0.25, 0.3) is 33.2 Å². The molecule has 4 aromatic rings. The predicted molar refractivity (Wildman–Crippen MR) is 90.4 cm³/mol. The zero-order valence-corrected chi connectivity index (χ0v) is 12.0. The first-order valence-corrected chi connectivity index (χ1v) is 7.27. The largest absolute Gasteiger partial charge is 0.264 e. The molecule has 4 rings (SSSR count). The molecule has 2 heterocycles. The molecule has 0 N–H and O–H groups in total. The van der Waals surface area contributed by atoms with Crippen molar-refractivity contribution < 1.29 is 0 Å². The lowest BCUT2D eigenvalue weighted by atomic mass is 9.95. The monoisotopic (exact) mass is 282 g/mol. The summed E-state index contributed by atoms with van der Waals surface area (Å²) >= 11 is 0. The second-order valence-corrected chi connectivity index (χ2v) is 5.18. The number of pyridine rings is 2. The lowest BCUT2D eigenvalue weighted by Crippen LogP contribution is -1.91. The molecule has 104 valence electrons. The number of benzene rings is 2. The van der Waals surface area contributed by atoms with Crippen LogP contribution in [0.5, 0.6) is 0 Å². The summed E-state index contributed by atoms with van der Waals surface area (Å²) in [6.07, 6.45) is 5.64. The summed E-state index contributed by atoms with van der Waals surface area (Å²) in [4.78, 5) is 9.00. The summed E-state index contributed by atoms with van der Waals surface area (Å²) < 4.78 is 0. The second-order valence-electron chi connectivity index (χ2n) is 5.18. The van der Waals surface area contributed by atoms with Crippen LogP contribution < -0.4 is 0 Å². The molecule has 22 heavy (non-hydrogen) atoms. The third kappa shape index (κ3) is 2.15. The minimum absolute atomic E-state index is 0.993. The molecule has 0 fully saturated rings. The highest BCUT2D eigenvalue weighted by Gasteiger charge is 2.12. The van der Waals surface area contributed by atoms with Gasteiger partial charge in [0.05, 0.1) is 5.69 Å². The molecule has 0 radical (unpaired) electrons. The van der Waals surface area contributed by atoms with Gasteiger partial charge in [-0.2, -0.15) is 0 Å². The van der Waals surface area contributed by atoms with Gasteiger partial charge in [0, 0.05) is 40.7 Å². The van der Waals surface area contributed by atoms with Gasteiger partial charge in [-0.15, -0.1) is 0 Å². The molecule has 0 saturated carbocycles.